The van der Waals surface area contributed by atoms with Crippen LogP contribution in [0.25, 0.3) is 0 Å². The van der Waals surface area contributed by atoms with Gasteiger partial charge in [-0.3, -0.25) is 4.79 Å². The average molecular weight is 367 g/mol. The summed E-state index contributed by atoms with van der Waals surface area (Å²) in [6.45, 7) is 4.85. The molecule has 1 saturated carbocycles. The molecule has 0 spiro atoms. The van der Waals surface area contributed by atoms with Gasteiger partial charge in [0.2, 0.25) is 5.91 Å². The van der Waals surface area contributed by atoms with Crippen LogP contribution in [-0.2, 0) is 11.3 Å². The molecule has 3 rings (SSSR count). The monoisotopic (exact) mass is 366 g/mol. The number of benzene rings is 2. The Balaban J connectivity index is 1.62. The highest BCUT2D eigenvalue weighted by Gasteiger charge is 2.19. The van der Waals surface area contributed by atoms with E-state index in [9.17, 15) is 4.79 Å². The summed E-state index contributed by atoms with van der Waals surface area (Å²) >= 11 is 0. The SMILES string of the molecule is COc1cccc(NCc2cc(C)c(NC(=O)CC3CCCC3)c(C)c2)c1. The van der Waals surface area contributed by atoms with Crippen molar-refractivity contribution in [2.24, 2.45) is 5.92 Å². The number of amides is 1. The van der Waals surface area contributed by atoms with Gasteiger partial charge < -0.3 is 15.4 Å². The van der Waals surface area contributed by atoms with E-state index in [1.165, 1.54) is 31.2 Å². The highest BCUT2D eigenvalue weighted by Crippen LogP contribution is 2.29. The van der Waals surface area contributed by atoms with Gasteiger partial charge in [-0.2, -0.15) is 0 Å². The zero-order valence-corrected chi connectivity index (χ0v) is 16.6. The number of carbonyl (C=O) groups excluding carboxylic acids is 1. The Kier molecular flexibility index (Phi) is 6.38. The highest BCUT2D eigenvalue weighted by atomic mass is 16.5. The van der Waals surface area contributed by atoms with Gasteiger partial charge in [0.1, 0.15) is 5.75 Å². The fraction of sp³-hybridized carbons (Fsp3) is 0.435. The quantitative estimate of drug-likeness (QED) is 0.686. The molecule has 1 amide bonds. The van der Waals surface area contributed by atoms with Crippen LogP contribution < -0.4 is 15.4 Å². The number of hydrogen-bond donors (Lipinski definition) is 2. The Hall–Kier alpha value is -2.49. The van der Waals surface area contributed by atoms with Crippen LogP contribution in [0.4, 0.5) is 11.4 Å². The van der Waals surface area contributed by atoms with E-state index in [0.29, 0.717) is 12.3 Å². The van der Waals surface area contributed by atoms with Crippen LogP contribution in [0.15, 0.2) is 36.4 Å². The van der Waals surface area contributed by atoms with Crippen molar-refractivity contribution in [3.05, 3.63) is 53.1 Å². The Morgan fingerprint density at radius 2 is 1.81 bits per heavy atom. The molecule has 0 aliphatic heterocycles. The zero-order valence-electron chi connectivity index (χ0n) is 16.6. The van der Waals surface area contributed by atoms with Crippen molar-refractivity contribution in [1.29, 1.82) is 0 Å². The maximum Gasteiger partial charge on any atom is 0.224 e. The molecule has 0 radical (unpaired) electrons. The molecule has 0 saturated heterocycles. The van der Waals surface area contributed by atoms with Gasteiger partial charge in [-0.05, 0) is 61.4 Å². The molecule has 2 N–H and O–H groups in total. The molecule has 0 atom stereocenters. The minimum Gasteiger partial charge on any atom is -0.497 e. The van der Waals surface area contributed by atoms with E-state index in [0.717, 1.165) is 34.8 Å². The second-order valence-corrected chi connectivity index (χ2v) is 7.59. The van der Waals surface area contributed by atoms with Crippen LogP contribution in [0.1, 0.15) is 48.8 Å². The molecule has 0 heterocycles. The van der Waals surface area contributed by atoms with Crippen molar-refractivity contribution < 1.29 is 9.53 Å². The molecular weight excluding hydrogens is 336 g/mol. The van der Waals surface area contributed by atoms with Crippen LogP contribution in [0.5, 0.6) is 5.75 Å². The summed E-state index contributed by atoms with van der Waals surface area (Å²) < 4.78 is 5.27. The van der Waals surface area contributed by atoms with Crippen LogP contribution in [-0.4, -0.2) is 13.0 Å². The molecular formula is C23H30N2O2. The first kappa shape index (κ1) is 19.3. The Bertz CT molecular complexity index is 772. The third kappa shape index (κ3) is 5.25. The fourth-order valence-electron chi connectivity index (χ4n) is 3.96. The van der Waals surface area contributed by atoms with Crippen molar-refractivity contribution in [3.63, 3.8) is 0 Å². The van der Waals surface area contributed by atoms with Crippen LogP contribution in [0.3, 0.4) is 0 Å². The largest absolute Gasteiger partial charge is 0.497 e. The molecule has 2 aromatic carbocycles. The number of carbonyl (C=O) groups is 1. The van der Waals surface area contributed by atoms with Crippen molar-refractivity contribution in [2.75, 3.05) is 17.7 Å². The molecule has 1 aliphatic rings. The molecule has 1 aliphatic carbocycles. The van der Waals surface area contributed by atoms with Gasteiger partial charge in [0.05, 0.1) is 7.11 Å². The normalized spacial score (nSPS) is 14.2. The van der Waals surface area contributed by atoms with Crippen molar-refractivity contribution in [1.82, 2.24) is 0 Å². The van der Waals surface area contributed by atoms with Gasteiger partial charge >= 0.3 is 0 Å². The molecule has 4 heteroatoms. The van der Waals surface area contributed by atoms with Crippen LogP contribution >= 0.6 is 0 Å². The lowest BCUT2D eigenvalue weighted by Gasteiger charge is -2.16. The molecule has 0 unspecified atom stereocenters. The number of nitrogens with one attached hydrogen (secondary N) is 2. The summed E-state index contributed by atoms with van der Waals surface area (Å²) in [5, 5.41) is 6.58. The number of hydrogen-bond acceptors (Lipinski definition) is 3. The van der Waals surface area contributed by atoms with E-state index < -0.39 is 0 Å². The summed E-state index contributed by atoms with van der Waals surface area (Å²) in [5.74, 6) is 1.56. The van der Waals surface area contributed by atoms with Crippen molar-refractivity contribution in [3.8, 4) is 5.75 Å². The zero-order chi connectivity index (χ0) is 19.2. The molecule has 144 valence electrons. The van der Waals surface area contributed by atoms with Gasteiger partial charge in [0.15, 0.2) is 0 Å². The topological polar surface area (TPSA) is 50.4 Å². The third-order valence-corrected chi connectivity index (χ3v) is 5.37. The predicted octanol–water partition coefficient (Wildman–Crippen LogP) is 5.44. The van der Waals surface area contributed by atoms with Gasteiger partial charge in [0.25, 0.3) is 0 Å². The third-order valence-electron chi connectivity index (χ3n) is 5.37. The lowest BCUT2D eigenvalue weighted by Crippen LogP contribution is -2.17. The molecule has 0 aromatic heterocycles. The lowest BCUT2D eigenvalue weighted by atomic mass is 10.0. The molecule has 1 fully saturated rings. The average Bonchev–Trinajstić information content (AvgIpc) is 3.16. The van der Waals surface area contributed by atoms with Gasteiger partial charge in [0, 0.05) is 30.4 Å². The first-order valence-electron chi connectivity index (χ1n) is 9.83. The summed E-state index contributed by atoms with van der Waals surface area (Å²) in [4.78, 5) is 12.4. The molecule has 2 aromatic rings. The number of methoxy groups -OCH3 is 1. The Morgan fingerprint density at radius 3 is 2.48 bits per heavy atom. The highest BCUT2D eigenvalue weighted by molar-refractivity contribution is 5.92. The summed E-state index contributed by atoms with van der Waals surface area (Å²) in [6.07, 6.45) is 5.58. The van der Waals surface area contributed by atoms with Crippen molar-refractivity contribution in [2.45, 2.75) is 52.5 Å². The smallest absolute Gasteiger partial charge is 0.224 e. The van der Waals surface area contributed by atoms with E-state index in [4.69, 9.17) is 4.74 Å². The second-order valence-electron chi connectivity index (χ2n) is 7.59. The van der Waals surface area contributed by atoms with Gasteiger partial charge in [-0.1, -0.05) is 31.0 Å². The first-order valence-corrected chi connectivity index (χ1v) is 9.83. The molecule has 0 bridgehead atoms. The lowest BCUT2D eigenvalue weighted by molar-refractivity contribution is -0.117. The maximum atomic E-state index is 12.4. The minimum absolute atomic E-state index is 0.148. The Labute approximate surface area is 162 Å². The standard InChI is InChI=1S/C23H30N2O2/c1-16-11-19(15-24-20-9-6-10-21(14-20)27-3)12-17(2)23(16)25-22(26)13-18-7-4-5-8-18/h6,9-12,14,18,24H,4-5,7-8,13,15H2,1-3H3,(H,25,26). The minimum atomic E-state index is 0.148. The van der Waals surface area contributed by atoms with E-state index in [1.807, 2.05) is 24.3 Å². The summed E-state index contributed by atoms with van der Waals surface area (Å²) in [7, 11) is 1.67. The van der Waals surface area contributed by atoms with E-state index >= 15 is 0 Å². The molecule has 27 heavy (non-hydrogen) atoms. The van der Waals surface area contributed by atoms with E-state index in [2.05, 4.69) is 36.6 Å². The summed E-state index contributed by atoms with van der Waals surface area (Å²) in [6, 6.07) is 12.2. The van der Waals surface area contributed by atoms with Gasteiger partial charge in [-0.25, -0.2) is 0 Å². The van der Waals surface area contributed by atoms with E-state index in [1.54, 1.807) is 7.11 Å². The predicted molar refractivity (Wildman–Crippen MR) is 111 cm³/mol. The van der Waals surface area contributed by atoms with Crippen molar-refractivity contribution >= 4 is 17.3 Å². The number of anilines is 2. The fourth-order valence-corrected chi connectivity index (χ4v) is 3.96. The van der Waals surface area contributed by atoms with E-state index in [-0.39, 0.29) is 5.91 Å². The van der Waals surface area contributed by atoms with Crippen LogP contribution in [0, 0.1) is 19.8 Å². The van der Waals surface area contributed by atoms with Gasteiger partial charge in [-0.15, -0.1) is 0 Å². The second kappa shape index (κ2) is 8.94. The molecule has 4 nitrogen and oxygen atoms in total. The number of rotatable bonds is 7. The first-order chi connectivity index (χ1) is 13.0. The maximum absolute atomic E-state index is 12.4. The summed E-state index contributed by atoms with van der Waals surface area (Å²) in [5.41, 5.74) is 5.40. The number of ether oxygens (including phenoxy) is 1. The number of aryl methyl sites for hydroxylation is 2. The van der Waals surface area contributed by atoms with Crippen LogP contribution in [0.2, 0.25) is 0 Å². The Morgan fingerprint density at radius 1 is 1.11 bits per heavy atom.